The molecule has 0 aromatic carbocycles. The van der Waals surface area contributed by atoms with Gasteiger partial charge in [-0.05, 0) is 37.5 Å². The van der Waals surface area contributed by atoms with Crippen molar-refractivity contribution < 1.29 is 19.4 Å². The van der Waals surface area contributed by atoms with Gasteiger partial charge in [0, 0.05) is 6.42 Å². The van der Waals surface area contributed by atoms with E-state index in [4.69, 9.17) is 4.74 Å². The number of aliphatic carboxylic acids is 1. The molecule has 0 aromatic rings. The van der Waals surface area contributed by atoms with Crippen LogP contribution in [-0.4, -0.2) is 23.7 Å². The molecule has 0 amide bonds. The Kier molecular flexibility index (Phi) is 31.4. The van der Waals surface area contributed by atoms with Gasteiger partial charge in [-0.1, -0.05) is 151 Å². The highest BCUT2D eigenvalue weighted by Gasteiger charge is 2.16. The Morgan fingerprint density at radius 3 is 1.39 bits per heavy atom. The van der Waals surface area contributed by atoms with Gasteiger partial charge in [0.2, 0.25) is 0 Å². The molecule has 0 spiro atoms. The van der Waals surface area contributed by atoms with Crippen LogP contribution in [-0.2, 0) is 14.3 Å². The summed E-state index contributed by atoms with van der Waals surface area (Å²) in [6.07, 6.45) is 26.2. The standard InChI is InChI=1S/2C17H34O2/c1-4-5-6-7-8-9-10-11-12-16(17(18)19)14-13-15(2)3;1-4-5-6-7-8-9-10-11-12-13-17(18)19-15-14-16(2)3/h15-16H,4-14H2,1-3H3,(H,18,19);16H,4-15H2,1-3H3. The fraction of sp³-hybridized carbons (Fsp3) is 0.941. The van der Waals surface area contributed by atoms with E-state index in [9.17, 15) is 14.7 Å². The zero-order valence-corrected chi connectivity index (χ0v) is 26.7. The second-order valence-corrected chi connectivity index (χ2v) is 12.3. The molecule has 228 valence electrons. The number of hydrogen-bond donors (Lipinski definition) is 1. The van der Waals surface area contributed by atoms with Crippen molar-refractivity contribution in [3.63, 3.8) is 0 Å². The third-order valence-corrected chi connectivity index (χ3v) is 7.29. The maximum atomic E-state index is 11.4. The summed E-state index contributed by atoms with van der Waals surface area (Å²) in [6.45, 7) is 13.7. The van der Waals surface area contributed by atoms with Crippen LogP contribution >= 0.6 is 0 Å². The molecule has 0 radical (unpaired) electrons. The highest BCUT2D eigenvalue weighted by molar-refractivity contribution is 5.69. The molecule has 0 aromatic heterocycles. The van der Waals surface area contributed by atoms with E-state index in [0.717, 1.165) is 38.5 Å². The first-order valence-corrected chi connectivity index (χ1v) is 16.6. The maximum absolute atomic E-state index is 11.4. The fourth-order valence-corrected chi connectivity index (χ4v) is 4.51. The van der Waals surface area contributed by atoms with Gasteiger partial charge in [0.25, 0.3) is 0 Å². The first-order chi connectivity index (χ1) is 18.2. The maximum Gasteiger partial charge on any atom is 0.306 e. The van der Waals surface area contributed by atoms with E-state index in [2.05, 4.69) is 41.5 Å². The molecule has 0 rings (SSSR count). The molecule has 4 heteroatoms. The third-order valence-electron chi connectivity index (χ3n) is 7.29. The van der Waals surface area contributed by atoms with E-state index < -0.39 is 5.97 Å². The van der Waals surface area contributed by atoms with Crippen molar-refractivity contribution in [2.24, 2.45) is 17.8 Å². The van der Waals surface area contributed by atoms with Gasteiger partial charge in [-0.15, -0.1) is 0 Å². The van der Waals surface area contributed by atoms with Crippen LogP contribution in [0.25, 0.3) is 0 Å². The van der Waals surface area contributed by atoms with Gasteiger partial charge >= 0.3 is 11.9 Å². The monoisotopic (exact) mass is 541 g/mol. The Morgan fingerprint density at radius 2 is 0.974 bits per heavy atom. The normalized spacial score (nSPS) is 11.9. The topological polar surface area (TPSA) is 63.6 Å². The van der Waals surface area contributed by atoms with Crippen LogP contribution in [0.4, 0.5) is 0 Å². The molecule has 0 saturated carbocycles. The van der Waals surface area contributed by atoms with Gasteiger partial charge < -0.3 is 9.84 Å². The molecular formula is C34H68O4. The molecule has 0 heterocycles. The van der Waals surface area contributed by atoms with Crippen LogP contribution in [0.1, 0.15) is 183 Å². The Balaban J connectivity index is 0. The fourth-order valence-electron chi connectivity index (χ4n) is 4.51. The van der Waals surface area contributed by atoms with Crippen molar-refractivity contribution in [3.05, 3.63) is 0 Å². The molecule has 1 atom stereocenters. The highest BCUT2D eigenvalue weighted by Crippen LogP contribution is 2.20. The predicted molar refractivity (Wildman–Crippen MR) is 165 cm³/mol. The summed E-state index contributed by atoms with van der Waals surface area (Å²) >= 11 is 0. The summed E-state index contributed by atoms with van der Waals surface area (Å²) in [5.41, 5.74) is 0. The van der Waals surface area contributed by atoms with E-state index >= 15 is 0 Å². The number of esters is 1. The molecule has 0 saturated heterocycles. The summed E-state index contributed by atoms with van der Waals surface area (Å²) in [7, 11) is 0. The first-order valence-electron chi connectivity index (χ1n) is 16.6. The summed E-state index contributed by atoms with van der Waals surface area (Å²) in [4.78, 5) is 22.6. The summed E-state index contributed by atoms with van der Waals surface area (Å²) in [5.74, 6) is 0.510. The van der Waals surface area contributed by atoms with Gasteiger partial charge in [-0.2, -0.15) is 0 Å². The van der Waals surface area contributed by atoms with Crippen molar-refractivity contribution in [2.45, 2.75) is 183 Å². The van der Waals surface area contributed by atoms with E-state index in [1.807, 2.05) is 0 Å². The van der Waals surface area contributed by atoms with Gasteiger partial charge in [-0.3, -0.25) is 9.59 Å². The second-order valence-electron chi connectivity index (χ2n) is 12.3. The number of ether oxygens (including phenoxy) is 1. The minimum Gasteiger partial charge on any atom is -0.481 e. The Hall–Kier alpha value is -1.06. The lowest BCUT2D eigenvalue weighted by Crippen LogP contribution is -2.14. The molecule has 0 aliphatic rings. The highest BCUT2D eigenvalue weighted by atomic mass is 16.5. The summed E-state index contributed by atoms with van der Waals surface area (Å²) in [6, 6.07) is 0. The zero-order valence-electron chi connectivity index (χ0n) is 26.7. The SMILES string of the molecule is CCCCCCCCCCC(CCC(C)C)C(=O)O.CCCCCCCCCCCC(=O)OCCC(C)C. The number of unbranched alkanes of at least 4 members (excludes halogenated alkanes) is 15. The Labute approximate surface area is 238 Å². The quantitative estimate of drug-likeness (QED) is 0.0875. The van der Waals surface area contributed by atoms with E-state index in [1.54, 1.807) is 0 Å². The molecule has 38 heavy (non-hydrogen) atoms. The molecular weight excluding hydrogens is 472 g/mol. The summed E-state index contributed by atoms with van der Waals surface area (Å²) in [5, 5.41) is 9.19. The van der Waals surface area contributed by atoms with Crippen LogP contribution in [0.3, 0.4) is 0 Å². The molecule has 0 bridgehead atoms. The van der Waals surface area contributed by atoms with E-state index in [0.29, 0.717) is 24.9 Å². The van der Waals surface area contributed by atoms with Crippen molar-refractivity contribution in [3.8, 4) is 0 Å². The minimum absolute atomic E-state index is 0.0106. The largest absolute Gasteiger partial charge is 0.481 e. The molecule has 1 N–H and O–H groups in total. The number of rotatable bonds is 26. The van der Waals surface area contributed by atoms with Gasteiger partial charge in [0.1, 0.15) is 0 Å². The number of carbonyl (C=O) groups excluding carboxylic acids is 1. The summed E-state index contributed by atoms with van der Waals surface area (Å²) < 4.78 is 5.19. The molecule has 0 aliphatic carbocycles. The Bertz CT molecular complexity index is 499. The molecule has 1 unspecified atom stereocenters. The van der Waals surface area contributed by atoms with Gasteiger partial charge in [0.15, 0.2) is 0 Å². The first kappa shape index (κ1) is 39.1. The van der Waals surface area contributed by atoms with Crippen molar-refractivity contribution in [1.29, 1.82) is 0 Å². The Morgan fingerprint density at radius 1 is 0.553 bits per heavy atom. The molecule has 4 nitrogen and oxygen atoms in total. The number of hydrogen-bond acceptors (Lipinski definition) is 3. The van der Waals surface area contributed by atoms with Crippen LogP contribution in [0.2, 0.25) is 0 Å². The second kappa shape index (κ2) is 30.5. The zero-order chi connectivity index (χ0) is 28.9. The lowest BCUT2D eigenvalue weighted by Gasteiger charge is -2.13. The van der Waals surface area contributed by atoms with Crippen LogP contribution in [0.5, 0.6) is 0 Å². The number of carboxylic acid groups (broad SMARTS) is 1. The average molecular weight is 541 g/mol. The van der Waals surface area contributed by atoms with Gasteiger partial charge in [-0.25, -0.2) is 0 Å². The van der Waals surface area contributed by atoms with E-state index in [1.165, 1.54) is 96.3 Å². The molecule has 0 aliphatic heterocycles. The average Bonchev–Trinajstić information content (AvgIpc) is 2.86. The van der Waals surface area contributed by atoms with Crippen molar-refractivity contribution in [2.75, 3.05) is 6.61 Å². The van der Waals surface area contributed by atoms with Crippen molar-refractivity contribution >= 4 is 11.9 Å². The van der Waals surface area contributed by atoms with Crippen molar-refractivity contribution in [1.82, 2.24) is 0 Å². The molecule has 0 fully saturated rings. The predicted octanol–water partition coefficient (Wildman–Crippen LogP) is 11.2. The van der Waals surface area contributed by atoms with E-state index in [-0.39, 0.29) is 11.9 Å². The number of carboxylic acids is 1. The van der Waals surface area contributed by atoms with Crippen LogP contribution in [0.15, 0.2) is 0 Å². The number of carbonyl (C=O) groups is 2. The lowest BCUT2D eigenvalue weighted by atomic mass is 9.93. The smallest absolute Gasteiger partial charge is 0.306 e. The van der Waals surface area contributed by atoms with Crippen LogP contribution < -0.4 is 0 Å². The van der Waals surface area contributed by atoms with Gasteiger partial charge in [0.05, 0.1) is 12.5 Å². The minimum atomic E-state index is -0.594. The third kappa shape index (κ3) is 33.0. The lowest BCUT2D eigenvalue weighted by molar-refractivity contribution is -0.144. The van der Waals surface area contributed by atoms with Crippen LogP contribution in [0, 0.1) is 17.8 Å².